The topological polar surface area (TPSA) is 73.9 Å². The van der Waals surface area contributed by atoms with E-state index in [0.717, 1.165) is 41.5 Å². The fraction of sp³-hybridized carbons (Fsp3) is 0.156. The van der Waals surface area contributed by atoms with Crippen molar-refractivity contribution in [1.82, 2.24) is 0 Å². The standard InChI is InChI=1S/C32H25FN2O2/c33-31-20-23(10-19-30(31)28-13-8-25(22-35)9-14-28)4-2-1-3-5-32(36)37-29-17-15-27(16-18-29)26-11-6-24(21-34)7-12-26/h6-20H,1-5H2. The molecule has 37 heavy (non-hydrogen) atoms. The van der Waals surface area contributed by atoms with Crippen molar-refractivity contribution < 1.29 is 13.9 Å². The summed E-state index contributed by atoms with van der Waals surface area (Å²) in [7, 11) is 0. The number of carbonyl (C=O) groups excluding carboxylic acids is 1. The van der Waals surface area contributed by atoms with Gasteiger partial charge in [-0.3, -0.25) is 4.79 Å². The minimum Gasteiger partial charge on any atom is -0.427 e. The van der Waals surface area contributed by atoms with Crippen LogP contribution in [0.1, 0.15) is 42.4 Å². The van der Waals surface area contributed by atoms with Gasteiger partial charge in [0.25, 0.3) is 0 Å². The number of halogens is 1. The maximum atomic E-state index is 14.6. The molecule has 0 unspecified atom stereocenters. The summed E-state index contributed by atoms with van der Waals surface area (Å²) in [5, 5.41) is 17.8. The Hall–Kier alpha value is -4.74. The largest absolute Gasteiger partial charge is 0.427 e. The van der Waals surface area contributed by atoms with Crippen LogP contribution >= 0.6 is 0 Å². The van der Waals surface area contributed by atoms with E-state index in [4.69, 9.17) is 15.3 Å². The lowest BCUT2D eigenvalue weighted by Gasteiger charge is -2.08. The Morgan fingerprint density at radius 3 is 1.84 bits per heavy atom. The van der Waals surface area contributed by atoms with E-state index in [2.05, 4.69) is 12.1 Å². The normalized spacial score (nSPS) is 10.4. The number of benzene rings is 4. The summed E-state index contributed by atoms with van der Waals surface area (Å²) in [6.45, 7) is 0. The number of aryl methyl sites for hydroxylation is 1. The molecule has 0 spiro atoms. The Labute approximate surface area is 216 Å². The van der Waals surface area contributed by atoms with E-state index in [-0.39, 0.29) is 11.8 Å². The zero-order valence-electron chi connectivity index (χ0n) is 20.3. The van der Waals surface area contributed by atoms with Crippen LogP contribution in [0.3, 0.4) is 0 Å². The number of rotatable bonds is 9. The number of unbranched alkanes of at least 4 members (excludes halogenated alkanes) is 2. The zero-order chi connectivity index (χ0) is 26.0. The number of carbonyl (C=O) groups is 1. The van der Waals surface area contributed by atoms with Crippen LogP contribution in [0.15, 0.2) is 91.0 Å². The molecule has 182 valence electrons. The van der Waals surface area contributed by atoms with Gasteiger partial charge in [-0.1, -0.05) is 55.0 Å². The molecule has 0 heterocycles. The third-order valence-electron chi connectivity index (χ3n) is 6.14. The van der Waals surface area contributed by atoms with Crippen molar-refractivity contribution in [3.05, 3.63) is 114 Å². The maximum Gasteiger partial charge on any atom is 0.311 e. The Morgan fingerprint density at radius 1 is 0.703 bits per heavy atom. The van der Waals surface area contributed by atoms with Crippen molar-refractivity contribution in [2.24, 2.45) is 0 Å². The van der Waals surface area contributed by atoms with Crippen LogP contribution in [0.4, 0.5) is 4.39 Å². The molecule has 0 fully saturated rings. The first-order valence-electron chi connectivity index (χ1n) is 12.2. The summed E-state index contributed by atoms with van der Waals surface area (Å²) in [6.07, 6.45) is 3.45. The molecule has 4 aromatic carbocycles. The van der Waals surface area contributed by atoms with Crippen LogP contribution in [0.2, 0.25) is 0 Å². The second-order valence-electron chi connectivity index (χ2n) is 8.75. The van der Waals surface area contributed by atoms with Crippen LogP contribution in [0.5, 0.6) is 5.75 Å². The molecule has 0 atom stereocenters. The molecule has 0 saturated heterocycles. The van der Waals surface area contributed by atoms with Gasteiger partial charge in [0, 0.05) is 12.0 Å². The molecular formula is C32H25FN2O2. The molecule has 4 nitrogen and oxygen atoms in total. The Kier molecular flexibility index (Phi) is 8.42. The summed E-state index contributed by atoms with van der Waals surface area (Å²) in [6, 6.07) is 30.9. The molecule has 5 heteroatoms. The van der Waals surface area contributed by atoms with Gasteiger partial charge in [0.05, 0.1) is 23.3 Å². The zero-order valence-corrected chi connectivity index (χ0v) is 20.3. The van der Waals surface area contributed by atoms with Crippen LogP contribution in [-0.4, -0.2) is 5.97 Å². The molecule has 4 rings (SSSR count). The van der Waals surface area contributed by atoms with E-state index in [0.29, 0.717) is 35.3 Å². The van der Waals surface area contributed by atoms with Gasteiger partial charge in [0.15, 0.2) is 0 Å². The summed E-state index contributed by atoms with van der Waals surface area (Å²) in [5.74, 6) is -0.0554. The molecular weight excluding hydrogens is 463 g/mol. The number of nitrogens with zero attached hydrogens (tertiary/aromatic N) is 2. The second-order valence-corrected chi connectivity index (χ2v) is 8.75. The molecule has 0 aliphatic rings. The third-order valence-corrected chi connectivity index (χ3v) is 6.14. The smallest absolute Gasteiger partial charge is 0.311 e. The molecule has 0 N–H and O–H groups in total. The van der Waals surface area contributed by atoms with Crippen molar-refractivity contribution in [3.63, 3.8) is 0 Å². The number of hydrogen-bond acceptors (Lipinski definition) is 4. The second kappa shape index (κ2) is 12.3. The Balaban J connectivity index is 1.19. The van der Waals surface area contributed by atoms with E-state index < -0.39 is 0 Å². The first-order valence-corrected chi connectivity index (χ1v) is 12.2. The van der Waals surface area contributed by atoms with Gasteiger partial charge in [0.2, 0.25) is 0 Å². The Morgan fingerprint density at radius 2 is 1.27 bits per heavy atom. The van der Waals surface area contributed by atoms with Gasteiger partial charge < -0.3 is 4.74 Å². The molecule has 0 amide bonds. The van der Waals surface area contributed by atoms with Gasteiger partial charge in [0.1, 0.15) is 11.6 Å². The van der Waals surface area contributed by atoms with E-state index in [1.54, 1.807) is 60.7 Å². The monoisotopic (exact) mass is 488 g/mol. The number of nitriles is 2. The lowest BCUT2D eigenvalue weighted by atomic mass is 9.99. The van der Waals surface area contributed by atoms with E-state index in [1.165, 1.54) is 0 Å². The van der Waals surface area contributed by atoms with Crippen LogP contribution in [0, 0.1) is 28.5 Å². The highest BCUT2D eigenvalue weighted by molar-refractivity contribution is 5.73. The summed E-state index contributed by atoms with van der Waals surface area (Å²) < 4.78 is 20.1. The first kappa shape index (κ1) is 25.4. The molecule has 0 aliphatic heterocycles. The van der Waals surface area contributed by atoms with Crippen molar-refractivity contribution >= 4 is 5.97 Å². The van der Waals surface area contributed by atoms with Gasteiger partial charge in [-0.2, -0.15) is 10.5 Å². The lowest BCUT2D eigenvalue weighted by Crippen LogP contribution is -2.07. The molecule has 4 aromatic rings. The highest BCUT2D eigenvalue weighted by atomic mass is 19.1. The minimum atomic E-state index is -0.281. The van der Waals surface area contributed by atoms with E-state index in [9.17, 15) is 9.18 Å². The Bertz CT molecular complexity index is 1450. The number of ether oxygens (including phenoxy) is 1. The lowest BCUT2D eigenvalue weighted by molar-refractivity contribution is -0.134. The minimum absolute atomic E-state index is 0.274. The predicted molar refractivity (Wildman–Crippen MR) is 141 cm³/mol. The summed E-state index contributed by atoms with van der Waals surface area (Å²) in [5.41, 5.74) is 5.29. The van der Waals surface area contributed by atoms with Crippen molar-refractivity contribution in [1.29, 1.82) is 10.5 Å². The molecule has 0 saturated carbocycles. The average molecular weight is 489 g/mol. The fourth-order valence-electron chi connectivity index (χ4n) is 4.08. The van der Waals surface area contributed by atoms with Crippen molar-refractivity contribution in [2.45, 2.75) is 32.1 Å². The quantitative estimate of drug-likeness (QED) is 0.138. The van der Waals surface area contributed by atoms with Gasteiger partial charge in [-0.15, -0.1) is 0 Å². The van der Waals surface area contributed by atoms with E-state index in [1.807, 2.05) is 30.3 Å². The number of esters is 1. The molecule has 0 aromatic heterocycles. The highest BCUT2D eigenvalue weighted by Crippen LogP contribution is 2.25. The molecule has 0 radical (unpaired) electrons. The van der Waals surface area contributed by atoms with E-state index >= 15 is 0 Å². The SMILES string of the molecule is N#Cc1ccc(-c2ccc(OC(=O)CCCCCc3ccc(-c4ccc(C#N)cc4)c(F)c3)cc2)cc1. The number of hydrogen-bond donors (Lipinski definition) is 0. The highest BCUT2D eigenvalue weighted by Gasteiger charge is 2.08. The molecule has 0 aliphatic carbocycles. The summed E-state index contributed by atoms with van der Waals surface area (Å²) >= 11 is 0. The molecule has 0 bridgehead atoms. The van der Waals surface area contributed by atoms with Crippen LogP contribution < -0.4 is 4.74 Å². The fourth-order valence-corrected chi connectivity index (χ4v) is 4.08. The van der Waals surface area contributed by atoms with Crippen LogP contribution in [0.25, 0.3) is 22.3 Å². The van der Waals surface area contributed by atoms with Gasteiger partial charge in [-0.25, -0.2) is 4.39 Å². The maximum absolute atomic E-state index is 14.6. The van der Waals surface area contributed by atoms with Crippen LogP contribution in [-0.2, 0) is 11.2 Å². The predicted octanol–water partition coefficient (Wildman–Crippen LogP) is 7.61. The first-order chi connectivity index (χ1) is 18.1. The van der Waals surface area contributed by atoms with Gasteiger partial charge in [-0.05, 0) is 84.0 Å². The summed E-state index contributed by atoms with van der Waals surface area (Å²) in [4.78, 5) is 12.2. The van der Waals surface area contributed by atoms with Crippen molar-refractivity contribution in [2.75, 3.05) is 0 Å². The van der Waals surface area contributed by atoms with Gasteiger partial charge >= 0.3 is 5.97 Å². The van der Waals surface area contributed by atoms with Crippen molar-refractivity contribution in [3.8, 4) is 40.1 Å². The average Bonchev–Trinajstić information content (AvgIpc) is 2.93. The third kappa shape index (κ3) is 6.90.